The van der Waals surface area contributed by atoms with E-state index in [-0.39, 0.29) is 5.91 Å². The Morgan fingerprint density at radius 2 is 2.20 bits per heavy atom. The molecule has 0 saturated carbocycles. The van der Waals surface area contributed by atoms with Gasteiger partial charge in [-0.05, 0) is 30.8 Å². The second kappa shape index (κ2) is 8.94. The number of likely N-dealkylation sites (N-methyl/N-ethyl adjacent to an activating group) is 1. The van der Waals surface area contributed by atoms with Crippen LogP contribution >= 0.6 is 15.9 Å². The lowest BCUT2D eigenvalue weighted by molar-refractivity contribution is -0.119. The highest BCUT2D eigenvalue weighted by Crippen LogP contribution is 2.23. The summed E-state index contributed by atoms with van der Waals surface area (Å²) in [5.41, 5.74) is 2.19. The molecule has 1 rings (SSSR count). The number of benzene rings is 1. The maximum atomic E-state index is 11.8. The number of rotatable bonds is 8. The maximum absolute atomic E-state index is 11.8. The second-order valence-corrected chi connectivity index (χ2v) is 5.42. The van der Waals surface area contributed by atoms with Gasteiger partial charge in [0, 0.05) is 37.4 Å². The van der Waals surface area contributed by atoms with Crippen LogP contribution in [0, 0.1) is 0 Å². The van der Waals surface area contributed by atoms with E-state index in [2.05, 4.69) is 32.6 Å². The van der Waals surface area contributed by atoms with Crippen molar-refractivity contribution in [2.75, 3.05) is 45.8 Å². The van der Waals surface area contributed by atoms with Crippen molar-refractivity contribution in [2.24, 2.45) is 0 Å². The summed E-state index contributed by atoms with van der Waals surface area (Å²) in [5.74, 6) is -0.0112. The van der Waals surface area contributed by atoms with E-state index in [1.54, 1.807) is 7.11 Å². The van der Waals surface area contributed by atoms with Gasteiger partial charge in [-0.1, -0.05) is 15.9 Å². The standard InChI is InChI=1S/C14H22BrN3O2/c1-16-9-11-8-12(15)4-5-13(11)18(2)10-14(19)17-6-7-20-3/h4-5,8,16H,6-7,9-10H2,1-3H3,(H,17,19). The van der Waals surface area contributed by atoms with Gasteiger partial charge in [0.2, 0.25) is 5.91 Å². The number of carbonyl (C=O) groups is 1. The Kier molecular flexibility index (Phi) is 7.58. The van der Waals surface area contributed by atoms with Crippen LogP contribution in [0.3, 0.4) is 0 Å². The lowest BCUT2D eigenvalue weighted by atomic mass is 10.1. The zero-order chi connectivity index (χ0) is 15.0. The molecular weight excluding hydrogens is 322 g/mol. The Morgan fingerprint density at radius 1 is 1.45 bits per heavy atom. The van der Waals surface area contributed by atoms with Crippen molar-refractivity contribution in [3.05, 3.63) is 28.2 Å². The van der Waals surface area contributed by atoms with Crippen molar-refractivity contribution in [1.29, 1.82) is 0 Å². The number of methoxy groups -OCH3 is 1. The maximum Gasteiger partial charge on any atom is 0.239 e. The van der Waals surface area contributed by atoms with Gasteiger partial charge in [0.25, 0.3) is 0 Å². The molecule has 0 unspecified atom stereocenters. The molecule has 0 aromatic heterocycles. The van der Waals surface area contributed by atoms with Gasteiger partial charge in [0.05, 0.1) is 13.2 Å². The highest BCUT2D eigenvalue weighted by atomic mass is 79.9. The van der Waals surface area contributed by atoms with Gasteiger partial charge in [0.15, 0.2) is 0 Å². The lowest BCUT2D eigenvalue weighted by Crippen LogP contribution is -2.37. The summed E-state index contributed by atoms with van der Waals surface area (Å²) in [6, 6.07) is 6.05. The fraction of sp³-hybridized carbons (Fsp3) is 0.500. The van der Waals surface area contributed by atoms with Crippen LogP contribution in [-0.2, 0) is 16.1 Å². The molecule has 1 aromatic carbocycles. The summed E-state index contributed by atoms with van der Waals surface area (Å²) in [6.07, 6.45) is 0. The summed E-state index contributed by atoms with van der Waals surface area (Å²) in [6.45, 7) is 2.14. The third-order valence-corrected chi connectivity index (χ3v) is 3.32. The number of nitrogens with zero attached hydrogens (tertiary/aromatic N) is 1. The molecule has 2 N–H and O–H groups in total. The largest absolute Gasteiger partial charge is 0.383 e. The van der Waals surface area contributed by atoms with Crippen LogP contribution in [0.5, 0.6) is 0 Å². The summed E-state index contributed by atoms with van der Waals surface area (Å²) < 4.78 is 5.94. The van der Waals surface area contributed by atoms with Gasteiger partial charge in [-0.3, -0.25) is 4.79 Å². The average molecular weight is 344 g/mol. The normalized spacial score (nSPS) is 10.4. The monoisotopic (exact) mass is 343 g/mol. The Balaban J connectivity index is 2.66. The Morgan fingerprint density at radius 3 is 2.85 bits per heavy atom. The van der Waals surface area contributed by atoms with Gasteiger partial charge < -0.3 is 20.3 Å². The van der Waals surface area contributed by atoms with Crippen LogP contribution in [0.2, 0.25) is 0 Å². The van der Waals surface area contributed by atoms with Crippen molar-refractivity contribution in [1.82, 2.24) is 10.6 Å². The van der Waals surface area contributed by atoms with E-state index in [0.717, 1.165) is 22.3 Å². The summed E-state index contributed by atoms with van der Waals surface area (Å²) >= 11 is 3.47. The fourth-order valence-electron chi connectivity index (χ4n) is 1.91. The van der Waals surface area contributed by atoms with Gasteiger partial charge in [-0.15, -0.1) is 0 Å². The molecule has 1 aromatic rings. The first kappa shape index (κ1) is 16.9. The predicted molar refractivity (Wildman–Crippen MR) is 85.1 cm³/mol. The number of hydrogen-bond donors (Lipinski definition) is 2. The number of halogens is 1. The Labute approximate surface area is 128 Å². The van der Waals surface area contributed by atoms with E-state index < -0.39 is 0 Å². The molecule has 0 fully saturated rings. The minimum absolute atomic E-state index is 0.0112. The first-order chi connectivity index (χ1) is 9.58. The minimum Gasteiger partial charge on any atom is -0.383 e. The molecule has 112 valence electrons. The lowest BCUT2D eigenvalue weighted by Gasteiger charge is -2.22. The number of anilines is 1. The van der Waals surface area contributed by atoms with Crippen molar-refractivity contribution < 1.29 is 9.53 Å². The molecule has 5 nitrogen and oxygen atoms in total. The van der Waals surface area contributed by atoms with Gasteiger partial charge >= 0.3 is 0 Å². The first-order valence-electron chi connectivity index (χ1n) is 6.48. The molecule has 0 atom stereocenters. The van der Waals surface area contributed by atoms with Crippen LogP contribution < -0.4 is 15.5 Å². The summed E-state index contributed by atoms with van der Waals surface area (Å²) in [4.78, 5) is 13.8. The van der Waals surface area contributed by atoms with Crippen LogP contribution in [0.1, 0.15) is 5.56 Å². The summed E-state index contributed by atoms with van der Waals surface area (Å²) in [5, 5.41) is 5.95. The molecule has 20 heavy (non-hydrogen) atoms. The van der Waals surface area contributed by atoms with E-state index in [4.69, 9.17) is 4.74 Å². The highest BCUT2D eigenvalue weighted by Gasteiger charge is 2.11. The zero-order valence-electron chi connectivity index (χ0n) is 12.2. The molecular formula is C14H22BrN3O2. The predicted octanol–water partition coefficient (Wildman–Crippen LogP) is 1.37. The van der Waals surface area contributed by atoms with Crippen molar-refractivity contribution in [3.8, 4) is 0 Å². The van der Waals surface area contributed by atoms with Gasteiger partial charge in [-0.2, -0.15) is 0 Å². The molecule has 1 amide bonds. The number of hydrogen-bond acceptors (Lipinski definition) is 4. The van der Waals surface area contributed by atoms with E-state index in [1.165, 1.54) is 0 Å². The van der Waals surface area contributed by atoms with Crippen LogP contribution in [0.4, 0.5) is 5.69 Å². The van der Waals surface area contributed by atoms with Gasteiger partial charge in [0.1, 0.15) is 0 Å². The number of amides is 1. The van der Waals surface area contributed by atoms with Crippen LogP contribution in [0.25, 0.3) is 0 Å². The molecule has 0 aliphatic heterocycles. The van der Waals surface area contributed by atoms with E-state index in [1.807, 2.05) is 31.1 Å². The molecule has 0 bridgehead atoms. The van der Waals surface area contributed by atoms with E-state index in [0.29, 0.717) is 19.7 Å². The summed E-state index contributed by atoms with van der Waals surface area (Å²) in [7, 11) is 5.44. The molecule has 6 heteroatoms. The van der Waals surface area contributed by atoms with Crippen LogP contribution in [0.15, 0.2) is 22.7 Å². The molecule has 0 aliphatic rings. The zero-order valence-corrected chi connectivity index (χ0v) is 13.8. The fourth-order valence-corrected chi connectivity index (χ4v) is 2.32. The van der Waals surface area contributed by atoms with Crippen molar-refractivity contribution in [3.63, 3.8) is 0 Å². The van der Waals surface area contributed by atoms with Crippen molar-refractivity contribution in [2.45, 2.75) is 6.54 Å². The highest BCUT2D eigenvalue weighted by molar-refractivity contribution is 9.10. The first-order valence-corrected chi connectivity index (χ1v) is 7.27. The number of carbonyl (C=O) groups excluding carboxylic acids is 1. The quantitative estimate of drug-likeness (QED) is 0.700. The van der Waals surface area contributed by atoms with E-state index >= 15 is 0 Å². The molecule has 0 heterocycles. The topological polar surface area (TPSA) is 53.6 Å². The molecule has 0 spiro atoms. The Hall–Kier alpha value is -1.11. The molecule has 0 aliphatic carbocycles. The Bertz CT molecular complexity index is 440. The van der Waals surface area contributed by atoms with Crippen molar-refractivity contribution >= 4 is 27.5 Å². The third kappa shape index (κ3) is 5.48. The molecule has 0 radical (unpaired) electrons. The number of ether oxygens (including phenoxy) is 1. The van der Waals surface area contributed by atoms with Crippen LogP contribution in [-0.4, -0.2) is 46.8 Å². The second-order valence-electron chi connectivity index (χ2n) is 4.50. The SMILES string of the molecule is CNCc1cc(Br)ccc1N(C)CC(=O)NCCOC. The van der Waals surface area contributed by atoms with Gasteiger partial charge in [-0.25, -0.2) is 0 Å². The minimum atomic E-state index is -0.0112. The number of nitrogens with one attached hydrogen (secondary N) is 2. The van der Waals surface area contributed by atoms with E-state index in [9.17, 15) is 4.79 Å². The third-order valence-electron chi connectivity index (χ3n) is 2.83. The molecule has 0 saturated heterocycles. The smallest absolute Gasteiger partial charge is 0.239 e. The average Bonchev–Trinajstić information content (AvgIpc) is 2.39.